The lowest BCUT2D eigenvalue weighted by molar-refractivity contribution is -0.385. The van der Waals surface area contributed by atoms with Crippen molar-refractivity contribution in [3.8, 4) is 11.5 Å². The zero-order valence-electron chi connectivity index (χ0n) is 15.1. The average molecular weight is 371 g/mol. The van der Waals surface area contributed by atoms with Gasteiger partial charge in [-0.25, -0.2) is 5.43 Å². The van der Waals surface area contributed by atoms with Crippen molar-refractivity contribution in [2.24, 2.45) is 5.10 Å². The predicted molar refractivity (Wildman–Crippen MR) is 101 cm³/mol. The number of carbonyl (C=O) groups is 1. The van der Waals surface area contributed by atoms with Crippen LogP contribution < -0.4 is 10.2 Å². The van der Waals surface area contributed by atoms with Crippen LogP contribution in [0.5, 0.6) is 11.5 Å². The van der Waals surface area contributed by atoms with Crippen LogP contribution in [-0.2, 0) is 4.79 Å². The van der Waals surface area contributed by atoms with Crippen LogP contribution >= 0.6 is 0 Å². The number of carbonyl (C=O) groups excluding carboxylic acids is 1. The van der Waals surface area contributed by atoms with E-state index in [-0.39, 0.29) is 6.61 Å². The molecule has 0 saturated heterocycles. The number of nitrogens with zero attached hydrogens (tertiary/aromatic N) is 2. The molecule has 0 aliphatic heterocycles. The maximum atomic E-state index is 11.8. The minimum Gasteiger partial charge on any atom is -0.502 e. The monoisotopic (exact) mass is 371 g/mol. The van der Waals surface area contributed by atoms with Gasteiger partial charge in [0.1, 0.15) is 5.75 Å². The first-order chi connectivity index (χ1) is 12.9. The SMILES string of the molecule is CC[C@H](C)c1ccc(OCC(=O)N/N=C/c2ccc(O)c([N+](=O)[O-])c2)cc1. The number of rotatable bonds is 8. The second-order valence-corrected chi connectivity index (χ2v) is 5.97. The topological polar surface area (TPSA) is 114 Å². The summed E-state index contributed by atoms with van der Waals surface area (Å²) in [6, 6.07) is 11.3. The molecule has 2 rings (SSSR count). The van der Waals surface area contributed by atoms with E-state index in [1.54, 1.807) is 0 Å². The molecule has 0 spiro atoms. The number of nitro groups is 1. The Morgan fingerprint density at radius 1 is 1.33 bits per heavy atom. The van der Waals surface area contributed by atoms with Crippen LogP contribution in [0.1, 0.15) is 37.3 Å². The first-order valence-corrected chi connectivity index (χ1v) is 8.42. The minimum absolute atomic E-state index is 0.213. The molecule has 0 unspecified atom stereocenters. The molecular formula is C19H21N3O5. The highest BCUT2D eigenvalue weighted by atomic mass is 16.6. The Labute approximate surface area is 156 Å². The fourth-order valence-corrected chi connectivity index (χ4v) is 2.26. The summed E-state index contributed by atoms with van der Waals surface area (Å²) in [6.07, 6.45) is 2.29. The summed E-state index contributed by atoms with van der Waals surface area (Å²) >= 11 is 0. The molecule has 0 fully saturated rings. The van der Waals surface area contributed by atoms with Crippen LogP contribution in [0.2, 0.25) is 0 Å². The first-order valence-electron chi connectivity index (χ1n) is 8.42. The highest BCUT2D eigenvalue weighted by Crippen LogP contribution is 2.25. The van der Waals surface area contributed by atoms with E-state index in [4.69, 9.17) is 4.74 Å². The van der Waals surface area contributed by atoms with Gasteiger partial charge in [0.05, 0.1) is 11.1 Å². The normalized spacial score (nSPS) is 11.9. The Kier molecular flexibility index (Phi) is 6.87. The number of hydrazone groups is 1. The van der Waals surface area contributed by atoms with Crippen LogP contribution in [-0.4, -0.2) is 28.8 Å². The standard InChI is InChI=1S/C19H21N3O5/c1-3-13(2)15-5-7-16(8-6-15)27-12-19(24)21-20-11-14-4-9-18(23)17(10-14)22(25)26/h4-11,13,23H,3,12H2,1-2H3,(H,21,24)/b20-11+/t13-/m0/s1. The summed E-state index contributed by atoms with van der Waals surface area (Å²) in [5.74, 6) is 0.141. The fourth-order valence-electron chi connectivity index (χ4n) is 2.26. The molecule has 142 valence electrons. The van der Waals surface area contributed by atoms with Gasteiger partial charge in [-0.15, -0.1) is 0 Å². The van der Waals surface area contributed by atoms with Crippen molar-refractivity contribution in [1.82, 2.24) is 5.43 Å². The molecule has 8 heteroatoms. The number of nitrogens with one attached hydrogen (secondary N) is 1. The Bertz CT molecular complexity index is 834. The maximum absolute atomic E-state index is 11.8. The van der Waals surface area contributed by atoms with Crippen molar-refractivity contribution in [3.05, 3.63) is 63.7 Å². The molecule has 1 amide bonds. The van der Waals surface area contributed by atoms with Crippen LogP contribution in [0.4, 0.5) is 5.69 Å². The molecule has 1 atom stereocenters. The fraction of sp³-hybridized carbons (Fsp3) is 0.263. The van der Waals surface area contributed by atoms with Gasteiger partial charge < -0.3 is 9.84 Å². The van der Waals surface area contributed by atoms with Gasteiger partial charge >= 0.3 is 5.69 Å². The first kappa shape index (κ1) is 19.9. The van der Waals surface area contributed by atoms with Gasteiger partial charge in [-0.1, -0.05) is 26.0 Å². The second kappa shape index (κ2) is 9.33. The van der Waals surface area contributed by atoms with Crippen molar-refractivity contribution in [1.29, 1.82) is 0 Å². The number of phenolic OH excluding ortho intramolecular Hbond substituents is 1. The molecule has 2 aromatic carbocycles. The predicted octanol–water partition coefficient (Wildman–Crippen LogP) is 3.34. The zero-order chi connectivity index (χ0) is 19.8. The molecule has 27 heavy (non-hydrogen) atoms. The number of ether oxygens (including phenoxy) is 1. The molecule has 0 heterocycles. The zero-order valence-corrected chi connectivity index (χ0v) is 15.1. The number of amides is 1. The van der Waals surface area contributed by atoms with Crippen molar-refractivity contribution < 1.29 is 19.6 Å². The number of benzene rings is 2. The molecule has 2 aromatic rings. The third-order valence-corrected chi connectivity index (χ3v) is 4.03. The number of hydrogen-bond acceptors (Lipinski definition) is 6. The molecule has 0 aromatic heterocycles. The van der Waals surface area contributed by atoms with Gasteiger partial charge in [-0.2, -0.15) is 5.10 Å². The van der Waals surface area contributed by atoms with Gasteiger partial charge in [-0.3, -0.25) is 14.9 Å². The highest BCUT2D eigenvalue weighted by Gasteiger charge is 2.12. The van der Waals surface area contributed by atoms with E-state index in [1.165, 1.54) is 23.9 Å². The number of phenols is 1. The van der Waals surface area contributed by atoms with Crippen molar-refractivity contribution in [2.45, 2.75) is 26.2 Å². The van der Waals surface area contributed by atoms with E-state index < -0.39 is 22.3 Å². The Morgan fingerprint density at radius 3 is 2.67 bits per heavy atom. The minimum atomic E-state index is -0.703. The van der Waals surface area contributed by atoms with Gasteiger partial charge in [-0.05, 0) is 42.2 Å². The van der Waals surface area contributed by atoms with Gasteiger partial charge in [0.15, 0.2) is 12.4 Å². The van der Waals surface area contributed by atoms with Crippen molar-refractivity contribution >= 4 is 17.8 Å². The summed E-state index contributed by atoms with van der Waals surface area (Å²) in [7, 11) is 0. The van der Waals surface area contributed by atoms with Gasteiger partial charge in [0, 0.05) is 11.6 Å². The number of hydrogen-bond donors (Lipinski definition) is 2. The Balaban J connectivity index is 1.85. The summed E-state index contributed by atoms with van der Waals surface area (Å²) in [5, 5.41) is 23.9. The van der Waals surface area contributed by atoms with Crippen molar-refractivity contribution in [2.75, 3.05) is 6.61 Å². The lowest BCUT2D eigenvalue weighted by Crippen LogP contribution is -2.24. The molecule has 0 aliphatic carbocycles. The van der Waals surface area contributed by atoms with E-state index >= 15 is 0 Å². The smallest absolute Gasteiger partial charge is 0.311 e. The molecular weight excluding hydrogens is 350 g/mol. The van der Waals surface area contributed by atoms with Crippen LogP contribution in [0, 0.1) is 10.1 Å². The molecule has 0 radical (unpaired) electrons. The number of nitro benzene ring substituents is 1. The molecule has 8 nitrogen and oxygen atoms in total. The number of aromatic hydroxyl groups is 1. The lowest BCUT2D eigenvalue weighted by atomic mass is 9.99. The third-order valence-electron chi connectivity index (χ3n) is 4.03. The maximum Gasteiger partial charge on any atom is 0.311 e. The average Bonchev–Trinajstić information content (AvgIpc) is 2.67. The highest BCUT2D eigenvalue weighted by molar-refractivity contribution is 5.84. The van der Waals surface area contributed by atoms with E-state index in [2.05, 4.69) is 24.4 Å². The van der Waals surface area contributed by atoms with Gasteiger partial charge in [0.2, 0.25) is 0 Å². The van der Waals surface area contributed by atoms with Crippen LogP contribution in [0.15, 0.2) is 47.6 Å². The van der Waals surface area contributed by atoms with Crippen molar-refractivity contribution in [3.63, 3.8) is 0 Å². The largest absolute Gasteiger partial charge is 0.502 e. The van der Waals surface area contributed by atoms with Crippen LogP contribution in [0.25, 0.3) is 0 Å². The molecule has 0 aliphatic rings. The molecule has 0 saturated carbocycles. The Hall–Kier alpha value is -3.42. The lowest BCUT2D eigenvalue weighted by Gasteiger charge is -2.10. The third kappa shape index (κ3) is 5.81. The summed E-state index contributed by atoms with van der Waals surface area (Å²) in [4.78, 5) is 21.8. The van der Waals surface area contributed by atoms with Crippen LogP contribution in [0.3, 0.4) is 0 Å². The molecule has 2 N–H and O–H groups in total. The summed E-state index contributed by atoms with van der Waals surface area (Å²) in [5.41, 5.74) is 3.41. The van der Waals surface area contributed by atoms with E-state index in [0.717, 1.165) is 12.5 Å². The summed E-state index contributed by atoms with van der Waals surface area (Å²) < 4.78 is 5.40. The quantitative estimate of drug-likeness (QED) is 0.420. The second-order valence-electron chi connectivity index (χ2n) is 5.97. The summed E-state index contributed by atoms with van der Waals surface area (Å²) in [6.45, 7) is 4.05. The van der Waals surface area contributed by atoms with E-state index in [0.29, 0.717) is 17.2 Å². The Morgan fingerprint density at radius 2 is 2.04 bits per heavy atom. The molecule has 0 bridgehead atoms. The van der Waals surface area contributed by atoms with E-state index in [9.17, 15) is 20.0 Å². The van der Waals surface area contributed by atoms with E-state index in [1.807, 2.05) is 24.3 Å². The van der Waals surface area contributed by atoms with Gasteiger partial charge in [0.25, 0.3) is 5.91 Å².